The van der Waals surface area contributed by atoms with Gasteiger partial charge in [-0.2, -0.15) is 4.98 Å². The van der Waals surface area contributed by atoms with Crippen molar-refractivity contribution in [3.8, 4) is 11.5 Å². The minimum Gasteiger partial charge on any atom is -0.493 e. The summed E-state index contributed by atoms with van der Waals surface area (Å²) in [6.07, 6.45) is 15.5. The number of anilines is 2. The van der Waals surface area contributed by atoms with Crippen molar-refractivity contribution in [1.29, 1.82) is 0 Å². The van der Waals surface area contributed by atoms with E-state index in [1.165, 1.54) is 77.0 Å². The Hall–Kier alpha value is -2.28. The van der Waals surface area contributed by atoms with Crippen LogP contribution in [0.25, 0.3) is 10.9 Å². The lowest BCUT2D eigenvalue weighted by atomic mass is 10.0. The highest BCUT2D eigenvalue weighted by molar-refractivity contribution is 5.93. The molecule has 7 nitrogen and oxygen atoms in total. The highest BCUT2D eigenvalue weighted by atomic mass is 16.5. The van der Waals surface area contributed by atoms with Crippen LogP contribution in [0.4, 0.5) is 11.8 Å². The maximum Gasteiger partial charge on any atom is 0.227 e. The molecule has 1 aromatic heterocycles. The number of hydrogen-bond acceptors (Lipinski definition) is 7. The monoisotopic (exact) mass is 481 g/mol. The van der Waals surface area contributed by atoms with Gasteiger partial charge in [0.2, 0.25) is 5.95 Å². The molecule has 2 heterocycles. The molecule has 7 heteroatoms. The standard InChI is InChI=1S/C28H43N5O2/c1-32(21-12-8-9-13-21)22-14-16-33(17-15-22)28-30-24-19-26(35-3)25(34-2)18-23(24)27(31-28)29-20-10-6-4-5-7-11-20/h18-22H,4-17H2,1-3H3,(H,29,30,31). The summed E-state index contributed by atoms with van der Waals surface area (Å²) in [5, 5.41) is 4.82. The zero-order chi connectivity index (χ0) is 24.2. The van der Waals surface area contributed by atoms with E-state index in [-0.39, 0.29) is 0 Å². The fourth-order valence-corrected chi connectivity index (χ4v) is 6.39. The summed E-state index contributed by atoms with van der Waals surface area (Å²) < 4.78 is 11.2. The Labute approximate surface area is 210 Å². The van der Waals surface area contributed by atoms with E-state index < -0.39 is 0 Å². The van der Waals surface area contributed by atoms with Crippen molar-refractivity contribution in [3.05, 3.63) is 12.1 Å². The van der Waals surface area contributed by atoms with Crippen LogP contribution in [0.3, 0.4) is 0 Å². The molecule has 192 valence electrons. The Morgan fingerprint density at radius 1 is 0.800 bits per heavy atom. The third kappa shape index (κ3) is 5.45. The molecule has 0 amide bonds. The van der Waals surface area contributed by atoms with Crippen LogP contribution in [0.15, 0.2) is 12.1 Å². The third-order valence-corrected chi connectivity index (χ3v) is 8.61. The highest BCUT2D eigenvalue weighted by Gasteiger charge is 2.30. The number of rotatable bonds is 7. The van der Waals surface area contributed by atoms with Crippen molar-refractivity contribution >= 4 is 22.7 Å². The second kappa shape index (κ2) is 11.2. The molecule has 2 aromatic rings. The van der Waals surface area contributed by atoms with Gasteiger partial charge < -0.3 is 24.6 Å². The van der Waals surface area contributed by atoms with Gasteiger partial charge in [0.25, 0.3) is 0 Å². The van der Waals surface area contributed by atoms with Crippen LogP contribution in [0.1, 0.15) is 77.0 Å². The van der Waals surface area contributed by atoms with E-state index >= 15 is 0 Å². The molecule has 0 bridgehead atoms. The quantitative estimate of drug-likeness (QED) is 0.515. The predicted molar refractivity (Wildman–Crippen MR) is 143 cm³/mol. The van der Waals surface area contributed by atoms with E-state index in [0.717, 1.165) is 47.5 Å². The van der Waals surface area contributed by atoms with Gasteiger partial charge in [-0.25, -0.2) is 4.98 Å². The molecular weight excluding hydrogens is 438 g/mol. The van der Waals surface area contributed by atoms with Crippen LogP contribution in [-0.2, 0) is 0 Å². The average molecular weight is 482 g/mol. The van der Waals surface area contributed by atoms with Gasteiger partial charge in [-0.1, -0.05) is 38.5 Å². The lowest BCUT2D eigenvalue weighted by Gasteiger charge is -2.39. The van der Waals surface area contributed by atoms with Crippen LogP contribution in [0.5, 0.6) is 11.5 Å². The number of hydrogen-bond donors (Lipinski definition) is 1. The van der Waals surface area contributed by atoms with Crippen LogP contribution in [-0.4, -0.2) is 67.4 Å². The molecule has 0 unspecified atom stereocenters. The Bertz CT molecular complexity index is 977. The molecule has 2 saturated carbocycles. The Morgan fingerprint density at radius 3 is 2.06 bits per heavy atom. The van der Waals surface area contributed by atoms with Crippen molar-refractivity contribution in [2.24, 2.45) is 0 Å². The topological polar surface area (TPSA) is 62.8 Å². The van der Waals surface area contributed by atoms with Gasteiger partial charge in [0.1, 0.15) is 5.82 Å². The largest absolute Gasteiger partial charge is 0.493 e. The Kier molecular flexibility index (Phi) is 7.81. The summed E-state index contributed by atoms with van der Waals surface area (Å²) in [6.45, 7) is 2.01. The average Bonchev–Trinajstić information content (AvgIpc) is 3.32. The summed E-state index contributed by atoms with van der Waals surface area (Å²) in [6, 6.07) is 5.93. The van der Waals surface area contributed by atoms with E-state index in [0.29, 0.717) is 17.8 Å². The first-order valence-electron chi connectivity index (χ1n) is 13.8. The molecule has 2 aliphatic carbocycles. The first kappa shape index (κ1) is 24.4. The highest BCUT2D eigenvalue weighted by Crippen LogP contribution is 2.36. The number of fused-ring (bicyclic) bond motifs is 1. The summed E-state index contributed by atoms with van der Waals surface area (Å²) in [5.74, 6) is 3.20. The number of aromatic nitrogens is 2. The molecule has 1 saturated heterocycles. The minimum atomic E-state index is 0.461. The van der Waals surface area contributed by atoms with Gasteiger partial charge in [-0.3, -0.25) is 0 Å². The smallest absolute Gasteiger partial charge is 0.227 e. The second-order valence-electron chi connectivity index (χ2n) is 10.8. The van der Waals surface area contributed by atoms with Gasteiger partial charge in [0.05, 0.1) is 19.7 Å². The van der Waals surface area contributed by atoms with Gasteiger partial charge in [-0.05, 0) is 51.6 Å². The maximum atomic E-state index is 5.61. The second-order valence-corrected chi connectivity index (χ2v) is 10.8. The van der Waals surface area contributed by atoms with Crippen LogP contribution >= 0.6 is 0 Å². The molecular formula is C28H43N5O2. The first-order valence-corrected chi connectivity index (χ1v) is 13.8. The van der Waals surface area contributed by atoms with Gasteiger partial charge in [0.15, 0.2) is 11.5 Å². The fourth-order valence-electron chi connectivity index (χ4n) is 6.39. The molecule has 3 fully saturated rings. The van der Waals surface area contributed by atoms with Gasteiger partial charge in [-0.15, -0.1) is 0 Å². The zero-order valence-corrected chi connectivity index (χ0v) is 21.9. The van der Waals surface area contributed by atoms with Crippen molar-refractivity contribution in [1.82, 2.24) is 14.9 Å². The van der Waals surface area contributed by atoms with Crippen molar-refractivity contribution in [3.63, 3.8) is 0 Å². The number of nitrogens with one attached hydrogen (secondary N) is 1. The SMILES string of the molecule is COc1cc2nc(N3CCC(N(C)C4CCCC4)CC3)nc(NC3CCCCCC3)c2cc1OC. The van der Waals surface area contributed by atoms with Gasteiger partial charge >= 0.3 is 0 Å². The number of methoxy groups -OCH3 is 2. The summed E-state index contributed by atoms with van der Waals surface area (Å²) in [5.41, 5.74) is 0.911. The van der Waals surface area contributed by atoms with E-state index in [4.69, 9.17) is 19.4 Å². The molecule has 0 atom stereocenters. The molecule has 1 aromatic carbocycles. The lowest BCUT2D eigenvalue weighted by Crippen LogP contribution is -2.47. The molecule has 35 heavy (non-hydrogen) atoms. The Morgan fingerprint density at radius 2 is 1.40 bits per heavy atom. The van der Waals surface area contributed by atoms with Crippen LogP contribution in [0.2, 0.25) is 0 Å². The predicted octanol–water partition coefficient (Wildman–Crippen LogP) is 5.62. The van der Waals surface area contributed by atoms with Crippen molar-refractivity contribution in [2.45, 2.75) is 95.2 Å². The fraction of sp³-hybridized carbons (Fsp3) is 0.714. The van der Waals surface area contributed by atoms with Crippen LogP contribution < -0.4 is 19.7 Å². The lowest BCUT2D eigenvalue weighted by molar-refractivity contribution is 0.150. The van der Waals surface area contributed by atoms with E-state index in [2.05, 4.69) is 22.2 Å². The molecule has 1 N–H and O–H groups in total. The Balaban J connectivity index is 1.40. The molecule has 3 aliphatic rings. The number of nitrogens with zero attached hydrogens (tertiary/aromatic N) is 4. The third-order valence-electron chi connectivity index (χ3n) is 8.61. The first-order chi connectivity index (χ1) is 17.2. The summed E-state index contributed by atoms with van der Waals surface area (Å²) in [4.78, 5) is 15.2. The number of benzene rings is 1. The summed E-state index contributed by atoms with van der Waals surface area (Å²) >= 11 is 0. The van der Waals surface area contributed by atoms with Gasteiger partial charge in [0, 0.05) is 42.7 Å². The maximum absolute atomic E-state index is 5.61. The van der Waals surface area contributed by atoms with E-state index in [1.807, 2.05) is 12.1 Å². The van der Waals surface area contributed by atoms with E-state index in [9.17, 15) is 0 Å². The molecule has 0 spiro atoms. The van der Waals surface area contributed by atoms with Crippen LogP contribution in [0, 0.1) is 0 Å². The minimum absolute atomic E-state index is 0.461. The number of ether oxygens (including phenoxy) is 2. The van der Waals surface area contributed by atoms with Crippen molar-refractivity contribution in [2.75, 3.05) is 44.6 Å². The molecule has 1 aliphatic heterocycles. The van der Waals surface area contributed by atoms with Crippen molar-refractivity contribution < 1.29 is 9.47 Å². The molecule has 5 rings (SSSR count). The number of piperidine rings is 1. The zero-order valence-electron chi connectivity index (χ0n) is 21.9. The van der Waals surface area contributed by atoms with E-state index in [1.54, 1.807) is 14.2 Å². The normalized spacial score (nSPS) is 21.0. The molecule has 0 radical (unpaired) electrons. The summed E-state index contributed by atoms with van der Waals surface area (Å²) in [7, 11) is 5.71.